The third-order valence-corrected chi connectivity index (χ3v) is 0.429. The van der Waals surface area contributed by atoms with Crippen LogP contribution in [0.1, 0.15) is 0 Å². The zero-order valence-corrected chi connectivity index (χ0v) is 3.42. The minimum atomic E-state index is 1.24. The highest BCUT2D eigenvalue weighted by Gasteiger charge is 1.40. The third-order valence-electron chi connectivity index (χ3n) is 0.0476. The van der Waals surface area contributed by atoms with Gasteiger partial charge in [-0.15, -0.1) is 0 Å². The fourth-order valence-corrected chi connectivity index (χ4v) is 0. The third kappa shape index (κ3) is 2.32. The lowest BCUT2D eigenvalue weighted by Gasteiger charge is -1.44. The fourth-order valence-electron chi connectivity index (χ4n) is 0. The highest BCUT2D eigenvalue weighted by Crippen LogP contribution is 1.78. The molecular formula is C2H2Cl2. The van der Waals surface area contributed by atoms with Crippen LogP contribution in [0.5, 0.6) is 0 Å². The van der Waals surface area contributed by atoms with Gasteiger partial charge in [-0.25, -0.2) is 0 Å². The highest BCUT2D eigenvalue weighted by atomic mass is 35.5. The Balaban J connectivity index is 2.55. The summed E-state index contributed by atoms with van der Waals surface area (Å²) in [5.41, 5.74) is 2.48. The Hall–Kier alpha value is 0.320. The lowest BCUT2D eigenvalue weighted by Crippen LogP contribution is -1.11. The number of hydrogen-bond donors (Lipinski definition) is 0. The van der Waals surface area contributed by atoms with Crippen LogP contribution >= 0.6 is 23.2 Å². The number of rotatable bonds is 0. The number of halogens is 2. The maximum Gasteiger partial charge on any atom is 0.0156 e. The summed E-state index contributed by atoms with van der Waals surface area (Å²) in [6.07, 6.45) is 0. The van der Waals surface area contributed by atoms with Crippen LogP contribution in [-0.2, 0) is 0 Å². The molecule has 0 aromatic heterocycles. The molecule has 0 aliphatic rings. The summed E-state index contributed by atoms with van der Waals surface area (Å²) in [5, 5.41) is 0. The van der Waals surface area contributed by atoms with Gasteiger partial charge in [-0.2, -0.15) is 0 Å². The maximum atomic E-state index is 4.87. The molecule has 0 aromatic rings. The van der Waals surface area contributed by atoms with Gasteiger partial charge in [0.25, 0.3) is 0 Å². The van der Waals surface area contributed by atoms with Crippen molar-refractivity contribution in [1.82, 2.24) is 0 Å². The summed E-state index contributed by atoms with van der Waals surface area (Å²) in [7, 11) is 0. The van der Waals surface area contributed by atoms with Gasteiger partial charge in [0, 0.05) is 11.1 Å². The van der Waals surface area contributed by atoms with Crippen molar-refractivity contribution in [1.29, 1.82) is 0 Å². The molecule has 24 valence electrons. The second-order valence-electron chi connectivity index (χ2n) is 0.252. The Morgan fingerprint density at radius 3 is 1.25 bits per heavy atom. The predicted octanol–water partition coefficient (Wildman–Crippen LogP) is 1.94. The summed E-state index contributed by atoms with van der Waals surface area (Å²) in [6.45, 7) is 0. The van der Waals surface area contributed by atoms with Crippen LogP contribution in [0.15, 0.2) is 11.1 Å². The normalized spacial score (nSPS) is 9.50. The van der Waals surface area contributed by atoms with E-state index in [9.17, 15) is 0 Å². The molecule has 0 aliphatic carbocycles. The first-order valence-electron chi connectivity index (χ1n) is 0.770. The monoisotopic (exact) mass is 96.0 g/mol. The summed E-state index contributed by atoms with van der Waals surface area (Å²) in [6, 6.07) is 0. The van der Waals surface area contributed by atoms with Crippen LogP contribution in [0.25, 0.3) is 0 Å². The standard InChI is InChI=1S/C2H2Cl2/c3-1-2-4/h1-2H/b2-1+. The van der Waals surface area contributed by atoms with Crippen molar-refractivity contribution in [3.63, 3.8) is 0 Å². The van der Waals surface area contributed by atoms with E-state index < -0.39 is 0 Å². The highest BCUT2D eigenvalue weighted by molar-refractivity contribution is 6.33. The van der Waals surface area contributed by atoms with Gasteiger partial charge in [0.05, 0.1) is 0 Å². The molecule has 0 N–H and O–H groups in total. The SMILES string of the molecule is Cl/C=C/Cl. The van der Waals surface area contributed by atoms with Gasteiger partial charge in [0.1, 0.15) is 0 Å². The van der Waals surface area contributed by atoms with Crippen molar-refractivity contribution in [3.8, 4) is 0 Å². The molecule has 4 heavy (non-hydrogen) atoms. The van der Waals surface area contributed by atoms with Crippen LogP contribution in [-0.4, -0.2) is 0 Å². The summed E-state index contributed by atoms with van der Waals surface area (Å²) in [4.78, 5) is 0. The average molecular weight is 96.9 g/mol. The van der Waals surface area contributed by atoms with E-state index in [1.165, 1.54) is 11.1 Å². The van der Waals surface area contributed by atoms with Gasteiger partial charge in [-0.1, -0.05) is 23.2 Å². The van der Waals surface area contributed by atoms with Crippen molar-refractivity contribution >= 4 is 23.2 Å². The zero-order valence-electron chi connectivity index (χ0n) is 1.91. The Labute approximate surface area is 35.0 Å². The van der Waals surface area contributed by atoms with Crippen molar-refractivity contribution in [2.75, 3.05) is 0 Å². The lowest BCUT2D eigenvalue weighted by molar-refractivity contribution is 2.51. The molecule has 0 atom stereocenters. The molecule has 0 spiro atoms. The lowest BCUT2D eigenvalue weighted by atomic mass is 11.3. The minimum Gasteiger partial charge on any atom is -0.0920 e. The molecule has 0 radical (unpaired) electrons. The average Bonchev–Trinajstić information content (AvgIpc) is 1.37. The smallest absolute Gasteiger partial charge is 0.0156 e. The number of hydrogen-bond acceptors (Lipinski definition) is 0. The van der Waals surface area contributed by atoms with Crippen molar-refractivity contribution in [2.24, 2.45) is 0 Å². The second kappa shape index (κ2) is 3.32. The molecule has 0 rings (SSSR count). The minimum absolute atomic E-state index is 1.24. The summed E-state index contributed by atoms with van der Waals surface area (Å²) < 4.78 is 0. The van der Waals surface area contributed by atoms with E-state index in [2.05, 4.69) is 0 Å². The van der Waals surface area contributed by atoms with Crippen LogP contribution in [0.3, 0.4) is 0 Å². The Morgan fingerprint density at radius 2 is 1.25 bits per heavy atom. The molecule has 0 saturated carbocycles. The van der Waals surface area contributed by atoms with E-state index in [0.29, 0.717) is 0 Å². The molecule has 0 aliphatic heterocycles. The summed E-state index contributed by atoms with van der Waals surface area (Å²) >= 11 is 9.75. The zero-order chi connectivity index (χ0) is 3.41. The molecule has 0 saturated heterocycles. The van der Waals surface area contributed by atoms with E-state index in [1.807, 2.05) is 0 Å². The Bertz CT molecular complexity index is 19.2. The van der Waals surface area contributed by atoms with Gasteiger partial charge >= 0.3 is 0 Å². The van der Waals surface area contributed by atoms with E-state index in [-0.39, 0.29) is 0 Å². The first-order chi connectivity index (χ1) is 1.91. The molecule has 0 aromatic carbocycles. The topological polar surface area (TPSA) is 0 Å². The van der Waals surface area contributed by atoms with Gasteiger partial charge in [-0.3, -0.25) is 0 Å². The molecule has 0 amide bonds. The van der Waals surface area contributed by atoms with Crippen LogP contribution in [0.4, 0.5) is 0 Å². The second-order valence-corrected chi connectivity index (χ2v) is 0.756. The van der Waals surface area contributed by atoms with Crippen molar-refractivity contribution in [2.45, 2.75) is 0 Å². The summed E-state index contributed by atoms with van der Waals surface area (Å²) in [5.74, 6) is 0. The first-order valence-corrected chi connectivity index (χ1v) is 1.64. The largest absolute Gasteiger partial charge is 0.0920 e. The molecule has 0 heterocycles. The van der Waals surface area contributed by atoms with Gasteiger partial charge in [0.15, 0.2) is 0 Å². The molecule has 0 nitrogen and oxygen atoms in total. The molecule has 0 unspecified atom stereocenters. The maximum absolute atomic E-state index is 4.87. The quantitative estimate of drug-likeness (QED) is 0.433. The molecule has 0 bridgehead atoms. The van der Waals surface area contributed by atoms with Crippen LogP contribution in [0.2, 0.25) is 0 Å². The Kier molecular flexibility index (Phi) is 3.59. The van der Waals surface area contributed by atoms with E-state index in [4.69, 9.17) is 23.2 Å². The van der Waals surface area contributed by atoms with Crippen LogP contribution in [0, 0.1) is 0 Å². The van der Waals surface area contributed by atoms with Crippen molar-refractivity contribution in [3.05, 3.63) is 11.1 Å². The molecule has 0 fully saturated rings. The van der Waals surface area contributed by atoms with E-state index in [0.717, 1.165) is 0 Å². The van der Waals surface area contributed by atoms with Gasteiger partial charge in [-0.05, 0) is 0 Å². The van der Waals surface area contributed by atoms with Gasteiger partial charge in [0.2, 0.25) is 0 Å². The van der Waals surface area contributed by atoms with E-state index in [1.54, 1.807) is 0 Å². The molecule has 2 heteroatoms. The van der Waals surface area contributed by atoms with Gasteiger partial charge < -0.3 is 0 Å². The van der Waals surface area contributed by atoms with Crippen molar-refractivity contribution < 1.29 is 0 Å². The predicted molar refractivity (Wildman–Crippen MR) is 20.8 cm³/mol. The fraction of sp³-hybridized carbons (Fsp3) is 0. The van der Waals surface area contributed by atoms with Crippen LogP contribution < -0.4 is 0 Å². The Morgan fingerprint density at radius 1 is 1.00 bits per heavy atom. The molecular weight excluding hydrogens is 94.9 g/mol. The van der Waals surface area contributed by atoms with E-state index >= 15 is 0 Å². The first kappa shape index (κ1) is 4.32.